The van der Waals surface area contributed by atoms with Crippen molar-refractivity contribution in [1.82, 2.24) is 4.98 Å². The van der Waals surface area contributed by atoms with Gasteiger partial charge < -0.3 is 5.32 Å². The van der Waals surface area contributed by atoms with Gasteiger partial charge in [0.2, 0.25) is 10.0 Å². The lowest BCUT2D eigenvalue weighted by molar-refractivity contribution is 0.102. The summed E-state index contributed by atoms with van der Waals surface area (Å²) in [7, 11) is -3.80. The van der Waals surface area contributed by atoms with Crippen molar-refractivity contribution in [2.75, 3.05) is 5.32 Å². The van der Waals surface area contributed by atoms with Crippen LogP contribution in [0.4, 0.5) is 5.69 Å². The summed E-state index contributed by atoms with van der Waals surface area (Å²) in [4.78, 5) is 15.8. The van der Waals surface area contributed by atoms with Crippen LogP contribution in [-0.2, 0) is 10.0 Å². The van der Waals surface area contributed by atoms with Crippen molar-refractivity contribution in [3.8, 4) is 0 Å². The van der Waals surface area contributed by atoms with Crippen LogP contribution in [-0.4, -0.2) is 19.3 Å². The van der Waals surface area contributed by atoms with Crippen molar-refractivity contribution in [3.05, 3.63) is 52.8 Å². The van der Waals surface area contributed by atoms with Crippen LogP contribution in [0.2, 0.25) is 0 Å². The second-order valence-corrected chi connectivity index (χ2v) is 6.27. The van der Waals surface area contributed by atoms with Crippen LogP contribution < -0.4 is 10.5 Å². The van der Waals surface area contributed by atoms with Crippen molar-refractivity contribution >= 4 is 37.5 Å². The molecule has 0 aliphatic heterocycles. The van der Waals surface area contributed by atoms with E-state index in [1.54, 1.807) is 18.2 Å². The largest absolute Gasteiger partial charge is 0.322 e. The summed E-state index contributed by atoms with van der Waals surface area (Å²) in [5, 5.41) is 7.60. The molecule has 1 heterocycles. The first-order valence-electron chi connectivity index (χ1n) is 5.42. The van der Waals surface area contributed by atoms with Gasteiger partial charge in [0.15, 0.2) is 0 Å². The van der Waals surface area contributed by atoms with Crippen molar-refractivity contribution in [2.45, 2.75) is 4.90 Å². The number of nitrogens with zero attached hydrogens (tertiary/aromatic N) is 1. The number of halogens is 1. The number of anilines is 1. The van der Waals surface area contributed by atoms with E-state index >= 15 is 0 Å². The number of hydrogen-bond donors (Lipinski definition) is 2. The Bertz CT molecular complexity index is 745. The highest BCUT2D eigenvalue weighted by atomic mass is 79.9. The first-order valence-corrected chi connectivity index (χ1v) is 7.76. The van der Waals surface area contributed by atoms with Gasteiger partial charge in [-0.15, -0.1) is 0 Å². The second-order valence-electron chi connectivity index (χ2n) is 3.90. The summed E-state index contributed by atoms with van der Waals surface area (Å²) >= 11 is 3.17. The summed E-state index contributed by atoms with van der Waals surface area (Å²) < 4.78 is 23.1. The zero-order valence-corrected chi connectivity index (χ0v) is 12.5. The van der Waals surface area contributed by atoms with Crippen molar-refractivity contribution in [2.24, 2.45) is 5.14 Å². The van der Waals surface area contributed by atoms with Gasteiger partial charge in [-0.2, -0.15) is 0 Å². The fraction of sp³-hybridized carbons (Fsp3) is 0. The maximum atomic E-state index is 11.9. The number of sulfonamides is 1. The van der Waals surface area contributed by atoms with Crippen LogP contribution in [0, 0.1) is 0 Å². The van der Waals surface area contributed by atoms with Gasteiger partial charge in [-0.1, -0.05) is 6.07 Å². The molecule has 0 saturated heterocycles. The van der Waals surface area contributed by atoms with Gasteiger partial charge in [-0.25, -0.2) is 18.5 Å². The molecule has 6 nitrogen and oxygen atoms in total. The number of nitrogens with two attached hydrogens (primary N) is 1. The maximum Gasteiger partial charge on any atom is 0.257 e. The van der Waals surface area contributed by atoms with Crippen LogP contribution in [0.15, 0.2) is 52.1 Å². The third kappa shape index (κ3) is 3.62. The number of pyridine rings is 1. The van der Waals surface area contributed by atoms with Crippen molar-refractivity contribution in [1.29, 1.82) is 0 Å². The Morgan fingerprint density at radius 3 is 2.60 bits per heavy atom. The second kappa shape index (κ2) is 5.70. The minimum Gasteiger partial charge on any atom is -0.322 e. The molecule has 3 N–H and O–H groups in total. The van der Waals surface area contributed by atoms with Crippen LogP contribution in [0.3, 0.4) is 0 Å². The number of carbonyl (C=O) groups excluding carboxylic acids is 1. The quantitative estimate of drug-likeness (QED) is 0.818. The number of rotatable bonds is 3. The highest BCUT2D eigenvalue weighted by Crippen LogP contribution is 2.15. The molecule has 104 valence electrons. The Kier molecular flexibility index (Phi) is 4.17. The SMILES string of the molecule is NS(=O)(=O)c1cccc(NC(=O)c2ccc(Br)nc2)c1. The summed E-state index contributed by atoms with van der Waals surface area (Å²) in [6.45, 7) is 0. The van der Waals surface area contributed by atoms with Gasteiger partial charge in [0.25, 0.3) is 5.91 Å². The van der Waals surface area contributed by atoms with Gasteiger partial charge in [-0.05, 0) is 46.3 Å². The van der Waals surface area contributed by atoms with Crippen LogP contribution in [0.25, 0.3) is 0 Å². The molecule has 1 aromatic heterocycles. The van der Waals surface area contributed by atoms with E-state index in [1.165, 1.54) is 24.4 Å². The molecule has 0 bridgehead atoms. The smallest absolute Gasteiger partial charge is 0.257 e. The fourth-order valence-corrected chi connectivity index (χ4v) is 2.26. The molecule has 1 amide bonds. The number of primary sulfonamides is 1. The lowest BCUT2D eigenvalue weighted by Crippen LogP contribution is -2.15. The minimum atomic E-state index is -3.80. The van der Waals surface area contributed by atoms with Gasteiger partial charge in [0.1, 0.15) is 4.60 Å². The van der Waals surface area contributed by atoms with Gasteiger partial charge in [0.05, 0.1) is 10.5 Å². The van der Waals surface area contributed by atoms with E-state index in [4.69, 9.17) is 5.14 Å². The van der Waals surface area contributed by atoms with Crippen LogP contribution >= 0.6 is 15.9 Å². The Balaban J connectivity index is 2.22. The molecular weight excluding hydrogens is 346 g/mol. The molecule has 0 aliphatic carbocycles. The molecule has 0 unspecified atom stereocenters. The van der Waals surface area contributed by atoms with E-state index in [0.29, 0.717) is 15.9 Å². The topological polar surface area (TPSA) is 102 Å². The lowest BCUT2D eigenvalue weighted by atomic mass is 10.2. The van der Waals surface area contributed by atoms with E-state index < -0.39 is 15.9 Å². The molecule has 2 rings (SSSR count). The highest BCUT2D eigenvalue weighted by Gasteiger charge is 2.10. The number of benzene rings is 1. The first-order chi connectivity index (χ1) is 9.36. The number of aromatic nitrogens is 1. The number of carbonyl (C=O) groups is 1. The zero-order valence-electron chi connectivity index (χ0n) is 10.1. The molecule has 0 atom stereocenters. The molecule has 0 fully saturated rings. The fourth-order valence-electron chi connectivity index (χ4n) is 1.46. The lowest BCUT2D eigenvalue weighted by Gasteiger charge is -2.06. The predicted molar refractivity (Wildman–Crippen MR) is 77.7 cm³/mol. The molecular formula is C12H10BrN3O3S. The molecule has 20 heavy (non-hydrogen) atoms. The van der Waals surface area contributed by atoms with Crippen LogP contribution in [0.5, 0.6) is 0 Å². The monoisotopic (exact) mass is 355 g/mol. The molecule has 0 saturated carbocycles. The van der Waals surface area contributed by atoms with Crippen molar-refractivity contribution < 1.29 is 13.2 Å². The molecule has 0 spiro atoms. The van der Waals surface area contributed by atoms with Crippen molar-refractivity contribution in [3.63, 3.8) is 0 Å². The number of amides is 1. The predicted octanol–water partition coefficient (Wildman–Crippen LogP) is 1.74. The standard InChI is InChI=1S/C12H10BrN3O3S/c13-11-5-4-8(7-15-11)12(17)16-9-2-1-3-10(6-9)20(14,18)19/h1-7H,(H,16,17)(H2,14,18,19). The Hall–Kier alpha value is -1.77. The Labute approximate surface area is 124 Å². The average molecular weight is 356 g/mol. The minimum absolute atomic E-state index is 0.0655. The van der Waals surface area contributed by atoms with Gasteiger partial charge in [0, 0.05) is 11.9 Å². The zero-order chi connectivity index (χ0) is 14.8. The molecule has 8 heteroatoms. The van der Waals surface area contributed by atoms with Crippen LogP contribution in [0.1, 0.15) is 10.4 Å². The molecule has 0 radical (unpaired) electrons. The normalized spacial score (nSPS) is 11.1. The number of nitrogens with one attached hydrogen (secondary N) is 1. The van der Waals surface area contributed by atoms with E-state index in [1.807, 2.05) is 0 Å². The summed E-state index contributed by atoms with van der Waals surface area (Å²) in [5.74, 6) is -0.392. The molecule has 1 aromatic carbocycles. The van der Waals surface area contributed by atoms with Gasteiger partial charge >= 0.3 is 0 Å². The summed E-state index contributed by atoms with van der Waals surface area (Å²) in [5.41, 5.74) is 0.693. The van der Waals surface area contributed by atoms with E-state index in [0.717, 1.165) is 0 Å². The first kappa shape index (κ1) is 14.6. The average Bonchev–Trinajstić information content (AvgIpc) is 2.38. The molecule has 0 aliphatic rings. The molecule has 2 aromatic rings. The van der Waals surface area contributed by atoms with E-state index in [9.17, 15) is 13.2 Å². The third-order valence-electron chi connectivity index (χ3n) is 2.41. The third-order valence-corrected chi connectivity index (χ3v) is 3.79. The summed E-state index contributed by atoms with van der Waals surface area (Å²) in [6.07, 6.45) is 1.41. The Morgan fingerprint density at radius 1 is 1.25 bits per heavy atom. The van der Waals surface area contributed by atoms with E-state index in [2.05, 4.69) is 26.2 Å². The maximum absolute atomic E-state index is 11.9. The highest BCUT2D eigenvalue weighted by molar-refractivity contribution is 9.10. The van der Waals surface area contributed by atoms with E-state index in [-0.39, 0.29) is 4.90 Å². The Morgan fingerprint density at radius 2 is 2.00 bits per heavy atom. The van der Waals surface area contributed by atoms with Gasteiger partial charge in [-0.3, -0.25) is 4.79 Å². The summed E-state index contributed by atoms with van der Waals surface area (Å²) in [6, 6.07) is 8.94. The number of hydrogen-bond acceptors (Lipinski definition) is 4.